The maximum absolute atomic E-state index is 13.4. The van der Waals surface area contributed by atoms with Crippen LogP contribution in [0.1, 0.15) is 36.0 Å². The molecule has 1 saturated carbocycles. The van der Waals surface area contributed by atoms with Gasteiger partial charge in [-0.25, -0.2) is 8.99 Å². The second-order valence-electron chi connectivity index (χ2n) is 9.03. The number of carbonyl (C=O) groups is 1. The van der Waals surface area contributed by atoms with Crippen molar-refractivity contribution >= 4 is 31.5 Å². The number of nitrogens with two attached hydrogens (primary N) is 1. The van der Waals surface area contributed by atoms with Gasteiger partial charge in [0.1, 0.15) is 4.90 Å². The predicted octanol–water partition coefficient (Wildman–Crippen LogP) is 7.33. The number of amides is 1. The molecule has 0 aliphatic heterocycles. The molecule has 1 unspecified atom stereocenters. The number of nitrogens with one attached hydrogen (secondary N) is 2. The van der Waals surface area contributed by atoms with E-state index in [2.05, 4.69) is 10.3 Å². The number of hydrogen-bond acceptors (Lipinski definition) is 5. The summed E-state index contributed by atoms with van der Waals surface area (Å²) in [5.41, 5.74) is 7.10. The molecule has 200 valence electrons. The van der Waals surface area contributed by atoms with E-state index in [9.17, 15) is 28.4 Å². The molecule has 0 saturated heterocycles. The molecule has 3 aromatic rings. The van der Waals surface area contributed by atoms with Crippen LogP contribution in [0.25, 0.3) is 11.3 Å². The summed E-state index contributed by atoms with van der Waals surface area (Å²) in [7, 11) is -12.8. The molecule has 0 radical (unpaired) electrons. The van der Waals surface area contributed by atoms with E-state index < -0.39 is 36.0 Å². The summed E-state index contributed by atoms with van der Waals surface area (Å²) >= 11 is 0. The van der Waals surface area contributed by atoms with E-state index in [0.29, 0.717) is 48.4 Å². The standard InChI is InChI=1S/C24H25F5N4O2S2/c25-37(26,27,28,29)22-12-6-19(7-13-22)33-18-4-10-21(11-5-18)36(31,35)20-8-1-16(2-9-20)23-14-3-17(15-32-23)24(30)34/h1-3,6-9,12-15,18,21,31,33H,4-5,10-11H2,(H2,30,34). The summed E-state index contributed by atoms with van der Waals surface area (Å²) in [5, 5.41) is 2.64. The fraction of sp³-hybridized carbons (Fsp3) is 0.250. The molecular weight excluding hydrogens is 535 g/mol. The van der Waals surface area contributed by atoms with Gasteiger partial charge in [-0.3, -0.25) is 9.78 Å². The van der Waals surface area contributed by atoms with E-state index >= 15 is 0 Å². The van der Waals surface area contributed by atoms with Gasteiger partial charge in [0.2, 0.25) is 5.91 Å². The zero-order valence-electron chi connectivity index (χ0n) is 19.4. The Morgan fingerprint density at radius 2 is 1.51 bits per heavy atom. The van der Waals surface area contributed by atoms with Gasteiger partial charge < -0.3 is 11.1 Å². The van der Waals surface area contributed by atoms with Gasteiger partial charge in [-0.15, -0.1) is 0 Å². The summed E-state index contributed by atoms with van der Waals surface area (Å²) < 4.78 is 86.4. The van der Waals surface area contributed by atoms with Crippen LogP contribution in [0.15, 0.2) is 76.7 Å². The SMILES string of the molecule is N=S(=O)(c1ccc(-c2ccc(C(N)=O)cn2)cc1)C1CCC(Nc2ccc(S(F)(F)(F)(F)F)cc2)CC1. The summed E-state index contributed by atoms with van der Waals surface area (Å²) in [6, 6.07) is 12.4. The van der Waals surface area contributed by atoms with Gasteiger partial charge in [0.05, 0.1) is 21.0 Å². The number of nitrogens with zero attached hydrogens (tertiary/aromatic N) is 1. The zero-order valence-corrected chi connectivity index (χ0v) is 21.0. The van der Waals surface area contributed by atoms with Gasteiger partial charge in [-0.1, -0.05) is 31.6 Å². The van der Waals surface area contributed by atoms with Crippen LogP contribution >= 0.6 is 10.2 Å². The number of carbonyl (C=O) groups excluding carboxylic acids is 1. The van der Waals surface area contributed by atoms with E-state index in [4.69, 9.17) is 10.5 Å². The van der Waals surface area contributed by atoms with Crippen molar-refractivity contribution in [1.29, 1.82) is 4.78 Å². The maximum atomic E-state index is 13.4. The first-order valence-corrected chi connectivity index (χ1v) is 14.8. The average Bonchev–Trinajstić information content (AvgIpc) is 2.83. The van der Waals surface area contributed by atoms with Gasteiger partial charge in [-0.2, -0.15) is 0 Å². The Morgan fingerprint density at radius 3 is 2.00 bits per heavy atom. The number of anilines is 1. The van der Waals surface area contributed by atoms with Crippen molar-refractivity contribution < 1.29 is 28.4 Å². The summed E-state index contributed by atoms with van der Waals surface area (Å²) in [4.78, 5) is 13.8. The molecule has 0 bridgehead atoms. The van der Waals surface area contributed by atoms with Crippen LogP contribution in [-0.2, 0) is 9.73 Å². The molecule has 1 aliphatic carbocycles. The number of hydrogen-bond donors (Lipinski definition) is 3. The molecule has 4 rings (SSSR count). The number of pyridine rings is 1. The molecule has 0 spiro atoms. The van der Waals surface area contributed by atoms with Crippen LogP contribution < -0.4 is 11.1 Å². The Kier molecular flexibility index (Phi) is 6.31. The van der Waals surface area contributed by atoms with Crippen LogP contribution in [0.5, 0.6) is 0 Å². The number of benzene rings is 2. The number of primary amides is 1. The Labute approximate surface area is 211 Å². The molecule has 6 nitrogen and oxygen atoms in total. The lowest BCUT2D eigenvalue weighted by atomic mass is 9.95. The van der Waals surface area contributed by atoms with Crippen molar-refractivity contribution in [3.8, 4) is 11.3 Å². The minimum atomic E-state index is -9.71. The quantitative estimate of drug-likeness (QED) is 0.263. The fourth-order valence-corrected chi connectivity index (χ4v) is 6.83. The molecule has 2 aromatic carbocycles. The van der Waals surface area contributed by atoms with Gasteiger partial charge in [0, 0.05) is 33.6 Å². The van der Waals surface area contributed by atoms with E-state index in [1.807, 2.05) is 0 Å². The topological polar surface area (TPSA) is 109 Å². The monoisotopic (exact) mass is 560 g/mol. The third kappa shape index (κ3) is 6.21. The minimum absolute atomic E-state index is 0.144. The molecule has 1 aliphatic rings. The van der Waals surface area contributed by atoms with Crippen LogP contribution in [0.3, 0.4) is 0 Å². The van der Waals surface area contributed by atoms with Crippen LogP contribution in [0.2, 0.25) is 0 Å². The van der Waals surface area contributed by atoms with Gasteiger partial charge in [0.15, 0.2) is 0 Å². The van der Waals surface area contributed by atoms with Crippen molar-refractivity contribution in [3.05, 3.63) is 72.4 Å². The highest BCUT2D eigenvalue weighted by atomic mass is 32.5. The molecule has 1 aromatic heterocycles. The largest absolute Gasteiger partial charge is 0.382 e. The van der Waals surface area contributed by atoms with Gasteiger partial charge >= 0.3 is 10.2 Å². The van der Waals surface area contributed by atoms with Crippen molar-refractivity contribution in [2.75, 3.05) is 5.32 Å². The first-order chi connectivity index (χ1) is 17.0. The first-order valence-electron chi connectivity index (χ1n) is 11.3. The molecular formula is C24H25F5N4O2S2. The van der Waals surface area contributed by atoms with E-state index in [1.54, 1.807) is 36.4 Å². The third-order valence-corrected chi connectivity index (χ3v) is 9.91. The van der Waals surface area contributed by atoms with Crippen LogP contribution in [0, 0.1) is 4.78 Å². The lowest BCUT2D eigenvalue weighted by molar-refractivity contribution is 0.1000. The van der Waals surface area contributed by atoms with Crippen LogP contribution in [0.4, 0.5) is 25.1 Å². The van der Waals surface area contributed by atoms with Gasteiger partial charge in [0.25, 0.3) is 0 Å². The van der Waals surface area contributed by atoms with Crippen molar-refractivity contribution in [1.82, 2.24) is 4.98 Å². The Bertz CT molecular complexity index is 1410. The second-order valence-corrected chi connectivity index (χ2v) is 13.8. The molecule has 1 atom stereocenters. The first kappa shape index (κ1) is 26.9. The van der Waals surface area contributed by atoms with Crippen molar-refractivity contribution in [3.63, 3.8) is 0 Å². The highest BCUT2D eigenvalue weighted by Crippen LogP contribution is 3.02. The lowest BCUT2D eigenvalue weighted by Crippen LogP contribution is -2.32. The Balaban J connectivity index is 1.37. The smallest absolute Gasteiger partial charge is 0.310 e. The number of halogens is 5. The summed E-state index contributed by atoms with van der Waals surface area (Å²) in [5.74, 6) is -0.585. The molecule has 37 heavy (non-hydrogen) atoms. The maximum Gasteiger partial charge on any atom is 0.310 e. The van der Waals surface area contributed by atoms with Crippen molar-refractivity contribution in [2.45, 2.75) is 46.8 Å². The third-order valence-electron chi connectivity index (χ3n) is 6.36. The Hall–Kier alpha value is -3.19. The van der Waals surface area contributed by atoms with E-state index in [0.717, 1.165) is 17.7 Å². The lowest BCUT2D eigenvalue weighted by Gasteiger charge is -2.40. The van der Waals surface area contributed by atoms with E-state index in [-0.39, 0.29) is 17.3 Å². The molecule has 1 amide bonds. The van der Waals surface area contributed by atoms with Gasteiger partial charge in [-0.05, 0) is 74.2 Å². The molecule has 4 N–H and O–H groups in total. The fourth-order valence-electron chi connectivity index (χ4n) is 4.31. The van der Waals surface area contributed by atoms with Crippen LogP contribution in [-0.4, -0.2) is 26.4 Å². The average molecular weight is 561 g/mol. The van der Waals surface area contributed by atoms with E-state index in [1.165, 1.54) is 6.20 Å². The Morgan fingerprint density at radius 1 is 0.919 bits per heavy atom. The summed E-state index contributed by atoms with van der Waals surface area (Å²) in [6.07, 6.45) is 3.34. The zero-order chi connectivity index (χ0) is 27.1. The molecule has 1 fully saturated rings. The predicted molar refractivity (Wildman–Crippen MR) is 135 cm³/mol. The number of rotatable bonds is 7. The highest BCUT2D eigenvalue weighted by Gasteiger charge is 2.65. The summed E-state index contributed by atoms with van der Waals surface area (Å²) in [6.45, 7) is 0. The highest BCUT2D eigenvalue weighted by molar-refractivity contribution is 8.45. The number of aromatic nitrogens is 1. The normalized spacial score (nSPS) is 21.8. The second kappa shape index (κ2) is 8.69. The minimum Gasteiger partial charge on any atom is -0.382 e. The van der Waals surface area contributed by atoms with Crippen molar-refractivity contribution in [2.24, 2.45) is 5.73 Å². The molecule has 1 heterocycles. The molecule has 13 heteroatoms.